The van der Waals surface area contributed by atoms with Gasteiger partial charge in [-0.25, -0.2) is 26.3 Å². The number of sulfonamides is 2. The van der Waals surface area contributed by atoms with Crippen molar-refractivity contribution in [3.63, 3.8) is 0 Å². The largest absolute Gasteiger partial charge is 0.497 e. The molecular formula is C21H26N2O5S4. The molecule has 2 heterocycles. The Kier molecular flexibility index (Phi) is 8.86. The summed E-state index contributed by atoms with van der Waals surface area (Å²) in [5, 5.41) is 3.51. The van der Waals surface area contributed by atoms with Gasteiger partial charge in [0.15, 0.2) is 0 Å². The number of methoxy groups -OCH3 is 1. The van der Waals surface area contributed by atoms with E-state index in [1.165, 1.54) is 22.7 Å². The summed E-state index contributed by atoms with van der Waals surface area (Å²) in [6, 6.07) is 12.4. The van der Waals surface area contributed by atoms with E-state index < -0.39 is 20.0 Å². The van der Waals surface area contributed by atoms with Gasteiger partial charge in [0.05, 0.1) is 7.11 Å². The van der Waals surface area contributed by atoms with Crippen LogP contribution in [0.4, 0.5) is 0 Å². The third-order valence-electron chi connectivity index (χ3n) is 4.73. The predicted octanol–water partition coefficient (Wildman–Crippen LogP) is 3.99. The van der Waals surface area contributed by atoms with E-state index in [1.807, 2.05) is 24.3 Å². The lowest BCUT2D eigenvalue weighted by Crippen LogP contribution is -2.24. The lowest BCUT2D eigenvalue weighted by Gasteiger charge is -2.09. The highest BCUT2D eigenvalue weighted by Gasteiger charge is 2.20. The van der Waals surface area contributed by atoms with Gasteiger partial charge >= 0.3 is 0 Å². The number of rotatable bonds is 13. The second-order valence-electron chi connectivity index (χ2n) is 7.05. The zero-order chi connectivity index (χ0) is 23.0. The van der Waals surface area contributed by atoms with Gasteiger partial charge < -0.3 is 4.74 Å². The highest BCUT2D eigenvalue weighted by molar-refractivity contribution is 7.91. The molecule has 0 atom stereocenters. The third-order valence-corrected chi connectivity index (χ3v) is 10.6. The van der Waals surface area contributed by atoms with Gasteiger partial charge in [-0.2, -0.15) is 0 Å². The fraction of sp³-hybridized carbons (Fsp3) is 0.333. The van der Waals surface area contributed by atoms with Crippen molar-refractivity contribution in [1.29, 1.82) is 0 Å². The van der Waals surface area contributed by atoms with Gasteiger partial charge in [-0.3, -0.25) is 0 Å². The minimum Gasteiger partial charge on any atom is -0.497 e. The standard InChI is InChI=1S/C21H26N2O5S4/c1-28-19-9-5-7-17(15-19)16-23-32(26,27)21-18(11-14-30-21)8-3-2-4-12-22-31(24,25)20-10-6-13-29-20/h5-7,9-11,13-15,22-23H,2-4,8,12,16H2,1H3. The van der Waals surface area contributed by atoms with Crippen molar-refractivity contribution in [2.45, 2.75) is 40.6 Å². The molecule has 1 aromatic carbocycles. The summed E-state index contributed by atoms with van der Waals surface area (Å²) >= 11 is 2.39. The Morgan fingerprint density at radius 2 is 1.72 bits per heavy atom. The van der Waals surface area contributed by atoms with E-state index in [0.29, 0.717) is 33.6 Å². The molecule has 0 fully saturated rings. The van der Waals surface area contributed by atoms with Crippen molar-refractivity contribution in [2.24, 2.45) is 0 Å². The average molecular weight is 515 g/mol. The molecule has 11 heteroatoms. The number of ether oxygens (including phenoxy) is 1. The monoisotopic (exact) mass is 514 g/mol. The number of unbranched alkanes of at least 4 members (excludes halogenated alkanes) is 2. The SMILES string of the molecule is COc1cccc(CNS(=O)(=O)c2sccc2CCCCCNS(=O)(=O)c2cccs2)c1. The van der Waals surface area contributed by atoms with Crippen LogP contribution in [0.25, 0.3) is 0 Å². The van der Waals surface area contributed by atoms with Crippen molar-refractivity contribution in [1.82, 2.24) is 9.44 Å². The zero-order valence-corrected chi connectivity index (χ0v) is 20.9. The van der Waals surface area contributed by atoms with Crippen molar-refractivity contribution in [3.05, 3.63) is 64.4 Å². The maximum atomic E-state index is 12.8. The Morgan fingerprint density at radius 3 is 2.47 bits per heavy atom. The fourth-order valence-corrected chi connectivity index (χ4v) is 7.72. The van der Waals surface area contributed by atoms with Gasteiger partial charge in [-0.15, -0.1) is 22.7 Å². The molecule has 174 valence electrons. The van der Waals surface area contributed by atoms with E-state index in [0.717, 1.165) is 24.0 Å². The topological polar surface area (TPSA) is 102 Å². The van der Waals surface area contributed by atoms with Crippen LogP contribution in [0.5, 0.6) is 5.75 Å². The average Bonchev–Trinajstić information content (AvgIpc) is 3.48. The van der Waals surface area contributed by atoms with Crippen molar-refractivity contribution in [2.75, 3.05) is 13.7 Å². The van der Waals surface area contributed by atoms with E-state index >= 15 is 0 Å². The van der Waals surface area contributed by atoms with Gasteiger partial charge in [0.2, 0.25) is 10.0 Å². The molecule has 0 amide bonds. The number of thiophene rings is 2. The predicted molar refractivity (Wildman–Crippen MR) is 128 cm³/mol. The maximum absolute atomic E-state index is 12.8. The summed E-state index contributed by atoms with van der Waals surface area (Å²) in [5.41, 5.74) is 1.60. The van der Waals surface area contributed by atoms with Gasteiger partial charge in [0.25, 0.3) is 10.0 Å². The number of hydrogen-bond donors (Lipinski definition) is 2. The molecule has 0 aliphatic heterocycles. The van der Waals surface area contributed by atoms with Crippen molar-refractivity contribution >= 4 is 42.7 Å². The van der Waals surface area contributed by atoms with Crippen LogP contribution in [-0.2, 0) is 33.0 Å². The first-order valence-electron chi connectivity index (χ1n) is 10.0. The summed E-state index contributed by atoms with van der Waals surface area (Å²) in [6.45, 7) is 0.540. The van der Waals surface area contributed by atoms with Crippen LogP contribution < -0.4 is 14.2 Å². The lowest BCUT2D eigenvalue weighted by atomic mass is 10.1. The number of nitrogens with one attached hydrogen (secondary N) is 2. The highest BCUT2D eigenvalue weighted by atomic mass is 32.3. The van der Waals surface area contributed by atoms with Gasteiger partial charge in [0.1, 0.15) is 14.2 Å². The summed E-state index contributed by atoms with van der Waals surface area (Å²) < 4.78 is 60.8. The fourth-order valence-electron chi connectivity index (χ4n) is 3.08. The van der Waals surface area contributed by atoms with E-state index in [9.17, 15) is 16.8 Å². The first-order valence-corrected chi connectivity index (χ1v) is 14.8. The van der Waals surface area contributed by atoms with E-state index in [2.05, 4.69) is 9.44 Å². The molecule has 2 aromatic heterocycles. The van der Waals surface area contributed by atoms with E-state index in [4.69, 9.17) is 4.74 Å². The normalized spacial score (nSPS) is 12.2. The molecule has 32 heavy (non-hydrogen) atoms. The van der Waals surface area contributed by atoms with Crippen molar-refractivity contribution in [3.8, 4) is 5.75 Å². The molecule has 3 aromatic rings. The quantitative estimate of drug-likeness (QED) is 0.336. The van der Waals surface area contributed by atoms with Crippen LogP contribution in [-0.4, -0.2) is 30.5 Å². The van der Waals surface area contributed by atoms with Gasteiger partial charge in [-0.05, 0) is 65.4 Å². The molecule has 0 bridgehead atoms. The first kappa shape index (κ1) is 24.9. The number of benzene rings is 1. The van der Waals surface area contributed by atoms with Crippen molar-refractivity contribution < 1.29 is 21.6 Å². The Morgan fingerprint density at radius 1 is 0.875 bits per heavy atom. The molecule has 0 saturated heterocycles. The smallest absolute Gasteiger partial charge is 0.250 e. The Balaban J connectivity index is 1.46. The van der Waals surface area contributed by atoms with Gasteiger partial charge in [0, 0.05) is 13.1 Å². The zero-order valence-electron chi connectivity index (χ0n) is 17.6. The van der Waals surface area contributed by atoms with Crippen LogP contribution in [0, 0.1) is 0 Å². The maximum Gasteiger partial charge on any atom is 0.250 e. The minimum absolute atomic E-state index is 0.182. The van der Waals surface area contributed by atoms with Crippen LogP contribution in [0.2, 0.25) is 0 Å². The molecular weight excluding hydrogens is 489 g/mol. The van der Waals surface area contributed by atoms with Crippen LogP contribution in [0.15, 0.2) is 61.6 Å². The van der Waals surface area contributed by atoms with E-state index in [-0.39, 0.29) is 6.54 Å². The summed E-state index contributed by atoms with van der Waals surface area (Å²) in [4.78, 5) is 0. The second-order valence-corrected chi connectivity index (χ2v) is 12.9. The lowest BCUT2D eigenvalue weighted by molar-refractivity contribution is 0.414. The molecule has 0 unspecified atom stereocenters. The van der Waals surface area contributed by atoms with Crippen LogP contribution in [0.1, 0.15) is 30.4 Å². The third kappa shape index (κ3) is 6.87. The molecule has 0 aliphatic carbocycles. The summed E-state index contributed by atoms with van der Waals surface area (Å²) in [6.07, 6.45) is 2.87. The molecule has 0 radical (unpaired) electrons. The second kappa shape index (κ2) is 11.4. The van der Waals surface area contributed by atoms with Crippen LogP contribution in [0.3, 0.4) is 0 Å². The summed E-state index contributed by atoms with van der Waals surface area (Å²) in [7, 11) is -5.48. The Hall–Kier alpha value is -1.76. The number of hydrogen-bond acceptors (Lipinski definition) is 7. The Labute approximate surface area is 197 Å². The van der Waals surface area contributed by atoms with Gasteiger partial charge in [-0.1, -0.05) is 24.6 Å². The van der Waals surface area contributed by atoms with Crippen LogP contribution >= 0.6 is 22.7 Å². The summed E-state index contributed by atoms with van der Waals surface area (Å²) in [5.74, 6) is 0.677. The van der Waals surface area contributed by atoms with E-state index in [1.54, 1.807) is 36.1 Å². The highest BCUT2D eigenvalue weighted by Crippen LogP contribution is 2.25. The molecule has 0 saturated carbocycles. The Bertz CT molecular complexity index is 1200. The molecule has 3 rings (SSSR count). The number of aryl methyl sites for hydroxylation is 1. The minimum atomic E-state index is -3.62. The molecule has 0 aliphatic rings. The molecule has 2 N–H and O–H groups in total. The first-order chi connectivity index (χ1) is 15.3. The molecule has 0 spiro atoms. The molecule has 7 nitrogen and oxygen atoms in total.